The second-order valence-electron chi connectivity index (χ2n) is 19.6. The van der Waals surface area contributed by atoms with Crippen molar-refractivity contribution in [2.75, 3.05) is 70.5 Å². The third-order valence-corrected chi connectivity index (χ3v) is 16.7. The number of phosphoric acid groups is 2. The molecule has 6 amide bonds. The van der Waals surface area contributed by atoms with Crippen LogP contribution in [-0.2, 0) is 52.6 Å². The van der Waals surface area contributed by atoms with Crippen LogP contribution < -0.4 is 53.8 Å². The summed E-state index contributed by atoms with van der Waals surface area (Å²) in [6, 6.07) is 15.0. The second kappa shape index (κ2) is 36.4. The van der Waals surface area contributed by atoms with Gasteiger partial charge in [-0.15, -0.1) is 11.8 Å². The van der Waals surface area contributed by atoms with E-state index < -0.39 is 131 Å². The van der Waals surface area contributed by atoms with Crippen molar-refractivity contribution in [3.8, 4) is 0 Å². The van der Waals surface area contributed by atoms with Crippen LogP contribution in [0.25, 0.3) is 0 Å². The average Bonchev–Trinajstić information content (AvgIpc) is 2.19. The van der Waals surface area contributed by atoms with E-state index in [-0.39, 0.29) is 25.4 Å². The zero-order chi connectivity index (χ0) is 64.3. The fourth-order valence-corrected chi connectivity index (χ4v) is 11.2. The highest BCUT2D eigenvalue weighted by Gasteiger charge is 2.46. The first-order chi connectivity index (χ1) is 42.6. The van der Waals surface area contributed by atoms with Crippen LogP contribution in [0.3, 0.4) is 0 Å². The van der Waals surface area contributed by atoms with Crippen molar-refractivity contribution in [3.05, 3.63) is 120 Å². The molecule has 2 aromatic heterocycles. The van der Waals surface area contributed by atoms with E-state index in [1.54, 1.807) is 48.5 Å². The van der Waals surface area contributed by atoms with E-state index in [0.717, 1.165) is 81.8 Å². The molecule has 492 valence electrons. The van der Waals surface area contributed by atoms with Crippen LogP contribution in [0, 0.1) is 0 Å². The minimum absolute atomic E-state index is 0.202. The van der Waals surface area contributed by atoms with Gasteiger partial charge in [0.15, 0.2) is 12.5 Å². The number of nitrogens with one attached hydrogen (secondary N) is 8. The van der Waals surface area contributed by atoms with Crippen LogP contribution in [0.15, 0.2) is 102 Å². The molecule has 38 heteroatoms. The van der Waals surface area contributed by atoms with E-state index in [1.165, 1.54) is 11.8 Å². The van der Waals surface area contributed by atoms with E-state index in [9.17, 15) is 77.7 Å². The Balaban J connectivity index is 0.676. The Hall–Kier alpha value is -6.44. The fourth-order valence-electron chi connectivity index (χ4n) is 8.36. The number of aromatic amines is 2. The van der Waals surface area contributed by atoms with Crippen LogP contribution in [-0.4, -0.2) is 175 Å². The molecule has 2 aromatic carbocycles. The Kier molecular flexibility index (Phi) is 29.3. The number of ether oxygens (including phenoxy) is 4. The number of hydrogen-bond acceptors (Lipinski definition) is 24. The molecule has 34 nitrogen and oxygen atoms in total. The number of aromatic nitrogens is 4. The van der Waals surface area contributed by atoms with Crippen LogP contribution in [0.2, 0.25) is 0 Å². The SMILES string of the molecule is O=C(NCCCCCCNC(=O)OCOC(=O)NCCCCCCNC(=O)Nc1ccc(SCCOP(=O)(O)OC[C@H]2OC(n3ccc(=O)[nH]c3=O)[C@H](O)[C@@H]2O)cc1)NSc1ccc(CCOP(=O)(O)OC[C@H]2OC(n3ccc(=O)[nH]c3=O)[C@H](O)[C@@H]2O)cc1. The van der Waals surface area contributed by atoms with Gasteiger partial charge in [-0.3, -0.25) is 51.5 Å². The standard InChI is InChI=1S/C51H72N10O24P2S2/c62-38-17-24-60(48(70)57-38)44-42(66)40(64)36(84-44)29-82-86(74,75)80-26-19-32-9-13-35(14-10-32)89-59-47(69)53-21-6-2-4-8-23-55-51(73)79-31-78-50(72)54-22-7-3-1-5-20-52-46(68)56-33-11-15-34(16-12-33)88-28-27-81-87(76,77)83-30-37-41(65)43(67)45(85-37)61-25-18-39(63)58-49(61)71/h9-18,24-25,36-37,40-45,64-67H,1-8,19-23,26-31H2,(H,54,72)(H,55,73)(H,74,75)(H,76,77)(H2,52,56,68)(H2,53,59,69)(H,57,62,70)(H,58,63,71)/t36-,37-,40-,41-,42-,43-,44?,45?/m1/s1. The van der Waals surface area contributed by atoms with Gasteiger partial charge in [0, 0.05) is 71.9 Å². The summed E-state index contributed by atoms with van der Waals surface area (Å²) in [6.07, 6.45) is -5.13. The van der Waals surface area contributed by atoms with Gasteiger partial charge in [-0.1, -0.05) is 37.8 Å². The number of urea groups is 2. The van der Waals surface area contributed by atoms with Crippen molar-refractivity contribution < 1.29 is 95.6 Å². The number of amides is 6. The molecule has 4 unspecified atom stereocenters. The van der Waals surface area contributed by atoms with E-state index in [1.807, 2.05) is 9.97 Å². The zero-order valence-corrected chi connectivity index (χ0v) is 51.0. The number of anilines is 1. The summed E-state index contributed by atoms with van der Waals surface area (Å²) in [6.45, 7) is -0.821. The second-order valence-corrected chi connectivity index (χ2v) is 24.5. The van der Waals surface area contributed by atoms with Crippen LogP contribution >= 0.6 is 39.4 Å². The smallest absolute Gasteiger partial charge is 0.412 e. The number of unbranched alkanes of at least 4 members (excludes halogenated alkanes) is 6. The minimum Gasteiger partial charge on any atom is -0.412 e. The van der Waals surface area contributed by atoms with Crippen LogP contribution in [0.5, 0.6) is 0 Å². The van der Waals surface area contributed by atoms with Gasteiger partial charge in [-0.2, -0.15) is 0 Å². The molecule has 0 radical (unpaired) electrons. The molecule has 6 rings (SSSR count). The molecular formula is C51H72N10O24P2S2. The minimum atomic E-state index is -4.62. The molecule has 0 spiro atoms. The summed E-state index contributed by atoms with van der Waals surface area (Å²) in [5.74, 6) is 0.243. The summed E-state index contributed by atoms with van der Waals surface area (Å²) in [5, 5.41) is 54.8. The number of carbonyl (C=O) groups is 4. The quantitative estimate of drug-likeness (QED) is 0.0101. The van der Waals surface area contributed by atoms with Gasteiger partial charge in [-0.05, 0) is 86.0 Å². The predicted molar refractivity (Wildman–Crippen MR) is 315 cm³/mol. The molecule has 0 aliphatic carbocycles. The topological polar surface area (TPSA) is 480 Å². The fraction of sp³-hybridized carbons (Fsp3) is 0.529. The van der Waals surface area contributed by atoms with Gasteiger partial charge < -0.3 is 75.7 Å². The lowest BCUT2D eigenvalue weighted by atomic mass is 10.1. The average molecular weight is 1340 g/mol. The molecule has 4 aromatic rings. The summed E-state index contributed by atoms with van der Waals surface area (Å²) in [4.78, 5) is 121. The van der Waals surface area contributed by atoms with Gasteiger partial charge in [-0.25, -0.2) is 37.9 Å². The van der Waals surface area contributed by atoms with Gasteiger partial charge >= 0.3 is 51.3 Å². The van der Waals surface area contributed by atoms with Gasteiger partial charge in [0.1, 0.15) is 36.6 Å². The first-order valence-electron chi connectivity index (χ1n) is 27.8. The summed E-state index contributed by atoms with van der Waals surface area (Å²) < 4.78 is 69.9. The molecule has 0 saturated carbocycles. The van der Waals surface area contributed by atoms with Crippen molar-refractivity contribution in [2.45, 2.75) is 117 Å². The first-order valence-corrected chi connectivity index (χ1v) is 32.6. The Labute approximate surface area is 515 Å². The number of phosphoric ester groups is 2. The summed E-state index contributed by atoms with van der Waals surface area (Å²) >= 11 is 2.38. The molecule has 2 aliphatic heterocycles. The lowest BCUT2D eigenvalue weighted by molar-refractivity contribution is -0.0552. The Morgan fingerprint density at radius 3 is 1.48 bits per heavy atom. The summed E-state index contributed by atoms with van der Waals surface area (Å²) in [5.41, 5.74) is -1.86. The molecule has 2 fully saturated rings. The molecule has 2 saturated heterocycles. The van der Waals surface area contributed by atoms with Crippen molar-refractivity contribution in [1.29, 1.82) is 0 Å². The molecule has 89 heavy (non-hydrogen) atoms. The third-order valence-electron chi connectivity index (χ3n) is 13.0. The maximum absolute atomic E-state index is 12.5. The maximum atomic E-state index is 12.5. The number of aliphatic hydroxyl groups is 4. The molecule has 0 bridgehead atoms. The van der Waals surface area contributed by atoms with Gasteiger partial charge in [0.25, 0.3) is 11.1 Å². The van der Waals surface area contributed by atoms with E-state index in [2.05, 4.69) is 31.3 Å². The maximum Gasteiger partial charge on any atom is 0.472 e. The predicted octanol–water partition coefficient (Wildman–Crippen LogP) is 1.59. The largest absolute Gasteiger partial charge is 0.472 e. The number of benzene rings is 2. The van der Waals surface area contributed by atoms with Crippen LogP contribution in [0.4, 0.5) is 24.9 Å². The highest BCUT2D eigenvalue weighted by molar-refractivity contribution is 7.99. The highest BCUT2D eigenvalue weighted by atomic mass is 32.2. The first kappa shape index (κ1) is 71.6. The van der Waals surface area contributed by atoms with E-state index in [4.69, 9.17) is 37.0 Å². The lowest BCUT2D eigenvalue weighted by Gasteiger charge is -2.17. The number of alkyl carbamates (subject to hydrolysis) is 2. The molecule has 10 atom stereocenters. The van der Waals surface area contributed by atoms with Crippen molar-refractivity contribution in [1.82, 2.24) is 45.1 Å². The van der Waals surface area contributed by atoms with E-state index in [0.29, 0.717) is 62.4 Å². The zero-order valence-electron chi connectivity index (χ0n) is 47.6. The van der Waals surface area contributed by atoms with E-state index >= 15 is 0 Å². The third kappa shape index (κ3) is 25.0. The number of hydrogen-bond donors (Lipinski definition) is 14. The van der Waals surface area contributed by atoms with Crippen LogP contribution in [0.1, 0.15) is 69.4 Å². The monoisotopic (exact) mass is 1330 g/mol. The highest BCUT2D eigenvalue weighted by Crippen LogP contribution is 2.45. The van der Waals surface area contributed by atoms with Crippen molar-refractivity contribution in [2.24, 2.45) is 0 Å². The molecule has 2 aliphatic rings. The Morgan fingerprint density at radius 2 is 1.00 bits per heavy atom. The molecule has 14 N–H and O–H groups in total. The van der Waals surface area contributed by atoms with Crippen molar-refractivity contribution in [3.63, 3.8) is 0 Å². The number of nitrogens with zero attached hydrogens (tertiary/aromatic N) is 2. The number of H-pyrrole nitrogens is 2. The normalized spacial score (nSPS) is 21.0. The molecule has 4 heterocycles. The number of carbonyl (C=O) groups excluding carboxylic acids is 4. The lowest BCUT2D eigenvalue weighted by Crippen LogP contribution is -2.37. The number of thioether (sulfide) groups is 1. The number of aliphatic hydroxyl groups excluding tert-OH is 4. The molecular weight excluding hydrogens is 1260 g/mol. The summed E-state index contributed by atoms with van der Waals surface area (Å²) in [7, 11) is -9.23. The van der Waals surface area contributed by atoms with Gasteiger partial charge in [0.05, 0.1) is 26.4 Å². The number of rotatable bonds is 36. The Bertz CT molecular complexity index is 3250. The van der Waals surface area contributed by atoms with Gasteiger partial charge in [0.2, 0.25) is 6.79 Å². The Morgan fingerprint density at radius 1 is 0.551 bits per heavy atom. The van der Waals surface area contributed by atoms with Crippen molar-refractivity contribution >= 4 is 69.3 Å².